The van der Waals surface area contributed by atoms with Crippen molar-refractivity contribution in [2.24, 2.45) is 11.3 Å². The Morgan fingerprint density at radius 2 is 2.10 bits per heavy atom. The molecule has 2 nitrogen and oxygen atoms in total. The summed E-state index contributed by atoms with van der Waals surface area (Å²) in [5.41, 5.74) is 2.86. The van der Waals surface area contributed by atoms with Crippen LogP contribution in [0.3, 0.4) is 0 Å². The first kappa shape index (κ1) is 14.6. The van der Waals surface area contributed by atoms with E-state index >= 15 is 0 Å². The summed E-state index contributed by atoms with van der Waals surface area (Å²) in [7, 11) is 0. The number of piperidine rings is 1. The molecule has 0 radical (unpaired) electrons. The van der Waals surface area contributed by atoms with E-state index in [4.69, 9.17) is 0 Å². The molecule has 1 saturated carbocycles. The molecule has 1 amide bonds. The average molecular weight is 285 g/mol. The number of likely N-dealkylation sites (tertiary alicyclic amines) is 1. The number of carbonyl (C=O) groups is 1. The van der Waals surface area contributed by atoms with E-state index in [0.717, 1.165) is 32.4 Å². The summed E-state index contributed by atoms with van der Waals surface area (Å²) >= 11 is 0. The Morgan fingerprint density at radius 3 is 2.81 bits per heavy atom. The fourth-order valence-electron chi connectivity index (χ4n) is 3.52. The predicted octanol–water partition coefficient (Wildman–Crippen LogP) is 3.97. The van der Waals surface area contributed by atoms with Gasteiger partial charge in [-0.05, 0) is 62.5 Å². The Hall–Kier alpha value is -1.31. The van der Waals surface area contributed by atoms with E-state index in [9.17, 15) is 4.79 Å². The molecule has 1 aliphatic carbocycles. The molecule has 0 unspecified atom stereocenters. The van der Waals surface area contributed by atoms with Gasteiger partial charge in [0.05, 0.1) is 0 Å². The van der Waals surface area contributed by atoms with E-state index in [1.807, 2.05) is 0 Å². The molecule has 0 spiro atoms. The van der Waals surface area contributed by atoms with Crippen LogP contribution in [-0.4, -0.2) is 23.9 Å². The van der Waals surface area contributed by atoms with Crippen molar-refractivity contribution in [3.05, 3.63) is 35.4 Å². The van der Waals surface area contributed by atoms with Crippen molar-refractivity contribution in [2.75, 3.05) is 13.1 Å². The first-order chi connectivity index (χ1) is 10.1. The summed E-state index contributed by atoms with van der Waals surface area (Å²) in [5, 5.41) is 0. The molecule has 2 heteroatoms. The van der Waals surface area contributed by atoms with Gasteiger partial charge in [0, 0.05) is 18.5 Å². The number of benzene rings is 1. The van der Waals surface area contributed by atoms with Gasteiger partial charge in [-0.25, -0.2) is 0 Å². The van der Waals surface area contributed by atoms with Crippen LogP contribution in [0, 0.1) is 18.3 Å². The van der Waals surface area contributed by atoms with Gasteiger partial charge in [0.25, 0.3) is 0 Å². The van der Waals surface area contributed by atoms with E-state index in [0.29, 0.717) is 11.8 Å². The minimum atomic E-state index is -0.00208. The van der Waals surface area contributed by atoms with Crippen molar-refractivity contribution in [1.82, 2.24) is 4.90 Å². The van der Waals surface area contributed by atoms with Crippen LogP contribution in [-0.2, 0) is 11.2 Å². The summed E-state index contributed by atoms with van der Waals surface area (Å²) in [6.07, 6.45) is 7.01. The van der Waals surface area contributed by atoms with Gasteiger partial charge in [0.15, 0.2) is 0 Å². The predicted molar refractivity (Wildman–Crippen MR) is 86.1 cm³/mol. The van der Waals surface area contributed by atoms with Crippen molar-refractivity contribution < 1.29 is 4.79 Å². The molecule has 1 saturated heterocycles. The second-order valence-corrected chi connectivity index (χ2v) is 7.29. The summed E-state index contributed by atoms with van der Waals surface area (Å²) in [4.78, 5) is 14.6. The fourth-order valence-corrected chi connectivity index (χ4v) is 3.52. The van der Waals surface area contributed by atoms with Crippen LogP contribution in [0.25, 0.3) is 0 Å². The van der Waals surface area contributed by atoms with Gasteiger partial charge >= 0.3 is 0 Å². The average Bonchev–Trinajstić information content (AvgIpc) is 3.25. The Labute approximate surface area is 128 Å². The van der Waals surface area contributed by atoms with Crippen molar-refractivity contribution in [3.63, 3.8) is 0 Å². The number of nitrogens with zero attached hydrogens (tertiary/aromatic N) is 1. The second-order valence-electron chi connectivity index (χ2n) is 7.29. The van der Waals surface area contributed by atoms with Crippen LogP contribution >= 0.6 is 0 Å². The third kappa shape index (κ3) is 3.30. The Balaban J connectivity index is 1.54. The van der Waals surface area contributed by atoms with Crippen LogP contribution in [0.1, 0.15) is 50.2 Å². The molecule has 1 aromatic carbocycles. The summed E-state index contributed by atoms with van der Waals surface area (Å²) in [6, 6.07) is 8.68. The molecule has 0 bridgehead atoms. The number of rotatable bonds is 4. The van der Waals surface area contributed by atoms with E-state index in [1.54, 1.807) is 0 Å². The number of aryl methyl sites for hydroxylation is 2. The monoisotopic (exact) mass is 285 g/mol. The Kier molecular flexibility index (Phi) is 4.05. The standard InChI is InChI=1S/C19H27NO/c1-15-6-3-4-8-17(15)10-9-16-7-5-13-20(14-16)18(21)19(2)11-12-19/h3-4,6,8,16H,5,7,9-14H2,1-2H3/t16-/m0/s1. The first-order valence-corrected chi connectivity index (χ1v) is 8.42. The lowest BCUT2D eigenvalue weighted by atomic mass is 9.90. The lowest BCUT2D eigenvalue weighted by Crippen LogP contribution is -2.43. The van der Waals surface area contributed by atoms with E-state index in [1.165, 1.54) is 30.4 Å². The topological polar surface area (TPSA) is 20.3 Å². The second kappa shape index (κ2) is 5.82. The highest BCUT2D eigenvalue weighted by atomic mass is 16.2. The van der Waals surface area contributed by atoms with Crippen LogP contribution < -0.4 is 0 Å². The SMILES string of the molecule is Cc1ccccc1CC[C@@H]1CCCN(C(=O)C2(C)CC2)C1. The molecule has 0 aromatic heterocycles. The number of hydrogen-bond donors (Lipinski definition) is 0. The van der Waals surface area contributed by atoms with Crippen molar-refractivity contribution >= 4 is 5.91 Å². The quantitative estimate of drug-likeness (QED) is 0.820. The zero-order valence-corrected chi connectivity index (χ0v) is 13.4. The van der Waals surface area contributed by atoms with Gasteiger partial charge in [-0.1, -0.05) is 31.2 Å². The van der Waals surface area contributed by atoms with Gasteiger partial charge < -0.3 is 4.90 Å². The molecule has 2 aliphatic rings. The fraction of sp³-hybridized carbons (Fsp3) is 0.632. The van der Waals surface area contributed by atoms with Gasteiger partial charge in [-0.15, -0.1) is 0 Å². The molecular weight excluding hydrogens is 258 g/mol. The molecule has 114 valence electrons. The van der Waals surface area contributed by atoms with Crippen LogP contribution in [0.15, 0.2) is 24.3 Å². The lowest BCUT2D eigenvalue weighted by Gasteiger charge is -2.34. The molecule has 1 aliphatic heterocycles. The first-order valence-electron chi connectivity index (χ1n) is 8.42. The molecule has 3 rings (SSSR count). The summed E-state index contributed by atoms with van der Waals surface area (Å²) in [6.45, 7) is 6.29. The van der Waals surface area contributed by atoms with Crippen LogP contribution in [0.5, 0.6) is 0 Å². The Bertz CT molecular complexity index is 518. The lowest BCUT2D eigenvalue weighted by molar-refractivity contribution is -0.138. The molecule has 1 aromatic rings. The van der Waals surface area contributed by atoms with Crippen LogP contribution in [0.4, 0.5) is 0 Å². The third-order valence-corrected chi connectivity index (χ3v) is 5.41. The Morgan fingerprint density at radius 1 is 1.33 bits per heavy atom. The molecule has 1 atom stereocenters. The number of hydrogen-bond acceptors (Lipinski definition) is 1. The maximum Gasteiger partial charge on any atom is 0.228 e. The van der Waals surface area contributed by atoms with Crippen molar-refractivity contribution in [1.29, 1.82) is 0 Å². The molecule has 2 fully saturated rings. The molecular formula is C19H27NO. The van der Waals surface area contributed by atoms with Gasteiger partial charge in [-0.2, -0.15) is 0 Å². The molecule has 0 N–H and O–H groups in total. The number of amides is 1. The van der Waals surface area contributed by atoms with E-state index in [2.05, 4.69) is 43.0 Å². The number of carbonyl (C=O) groups excluding carboxylic acids is 1. The summed E-state index contributed by atoms with van der Waals surface area (Å²) in [5.74, 6) is 1.10. The maximum atomic E-state index is 12.5. The van der Waals surface area contributed by atoms with Crippen molar-refractivity contribution in [2.45, 2.75) is 52.4 Å². The highest BCUT2D eigenvalue weighted by Gasteiger charge is 2.47. The smallest absolute Gasteiger partial charge is 0.228 e. The third-order valence-electron chi connectivity index (χ3n) is 5.41. The normalized spacial score (nSPS) is 23.9. The van der Waals surface area contributed by atoms with E-state index in [-0.39, 0.29) is 5.41 Å². The zero-order valence-electron chi connectivity index (χ0n) is 13.4. The highest BCUT2D eigenvalue weighted by Crippen LogP contribution is 2.47. The highest BCUT2D eigenvalue weighted by molar-refractivity contribution is 5.85. The maximum absolute atomic E-state index is 12.5. The molecule has 1 heterocycles. The minimum absolute atomic E-state index is 0.00208. The van der Waals surface area contributed by atoms with Gasteiger partial charge in [0.1, 0.15) is 0 Å². The van der Waals surface area contributed by atoms with Crippen molar-refractivity contribution in [3.8, 4) is 0 Å². The van der Waals surface area contributed by atoms with Crippen LogP contribution in [0.2, 0.25) is 0 Å². The minimum Gasteiger partial charge on any atom is -0.342 e. The molecule has 21 heavy (non-hydrogen) atoms. The van der Waals surface area contributed by atoms with Gasteiger partial charge in [0.2, 0.25) is 5.91 Å². The van der Waals surface area contributed by atoms with Gasteiger partial charge in [-0.3, -0.25) is 4.79 Å². The zero-order chi connectivity index (χ0) is 14.9. The van der Waals surface area contributed by atoms with E-state index < -0.39 is 0 Å². The summed E-state index contributed by atoms with van der Waals surface area (Å²) < 4.78 is 0. The largest absolute Gasteiger partial charge is 0.342 e.